The Labute approximate surface area is 112 Å². The smallest absolute Gasteiger partial charge is 0.270 e. The Balaban J connectivity index is 2.27. The Morgan fingerprint density at radius 3 is 2.68 bits per heavy atom. The number of carbonyl (C=O) groups is 1. The van der Waals surface area contributed by atoms with E-state index in [1.54, 1.807) is 0 Å². The number of aromatic nitrogens is 2. The lowest BCUT2D eigenvalue weighted by Crippen LogP contribution is -2.35. The van der Waals surface area contributed by atoms with E-state index in [2.05, 4.69) is 16.3 Å². The lowest BCUT2D eigenvalue weighted by molar-refractivity contribution is 0.0981. The highest BCUT2D eigenvalue weighted by molar-refractivity contribution is 7.89. The normalized spacial score (nSPS) is 16.2. The van der Waals surface area contributed by atoms with E-state index in [9.17, 15) is 13.2 Å². The summed E-state index contributed by atoms with van der Waals surface area (Å²) in [4.78, 5) is 21.5. The summed E-state index contributed by atoms with van der Waals surface area (Å²) in [6.07, 6.45) is 7.87. The highest BCUT2D eigenvalue weighted by atomic mass is 32.2. The summed E-state index contributed by atoms with van der Waals surface area (Å²) >= 11 is 0. The molecule has 0 spiro atoms. The number of nitrogens with one attached hydrogen (secondary N) is 1. The number of nitrogens with zero attached hydrogens (tertiary/aromatic N) is 3. The first-order chi connectivity index (χ1) is 8.97. The Morgan fingerprint density at radius 2 is 2.05 bits per heavy atom. The number of hydrogen-bond donors (Lipinski definition) is 1. The van der Waals surface area contributed by atoms with Gasteiger partial charge in [-0.1, -0.05) is 0 Å². The van der Waals surface area contributed by atoms with Crippen LogP contribution in [0.5, 0.6) is 0 Å². The highest BCUT2D eigenvalue weighted by Crippen LogP contribution is 2.20. The molecule has 19 heavy (non-hydrogen) atoms. The van der Waals surface area contributed by atoms with Crippen LogP contribution in [0.4, 0.5) is 5.82 Å². The summed E-state index contributed by atoms with van der Waals surface area (Å²) in [5.74, 6) is -0.270. The SMILES string of the molecule is CS(=O)(=O)NC(=O)c1cn[c]nc1N1CCCCC1. The predicted molar refractivity (Wildman–Crippen MR) is 69.2 cm³/mol. The summed E-state index contributed by atoms with van der Waals surface area (Å²) in [6.45, 7) is 1.59. The lowest BCUT2D eigenvalue weighted by atomic mass is 10.1. The van der Waals surface area contributed by atoms with E-state index in [1.165, 1.54) is 6.20 Å². The molecule has 103 valence electrons. The van der Waals surface area contributed by atoms with E-state index in [1.807, 2.05) is 9.62 Å². The minimum absolute atomic E-state index is 0.158. The molecule has 0 aromatic carbocycles. The average molecular weight is 283 g/mol. The molecule has 1 aliphatic rings. The van der Waals surface area contributed by atoms with Gasteiger partial charge in [-0.3, -0.25) is 4.79 Å². The molecule has 1 aromatic rings. The van der Waals surface area contributed by atoms with Gasteiger partial charge in [0.25, 0.3) is 5.91 Å². The van der Waals surface area contributed by atoms with E-state index in [-0.39, 0.29) is 5.56 Å². The van der Waals surface area contributed by atoms with Crippen LogP contribution in [-0.4, -0.2) is 43.6 Å². The zero-order valence-corrected chi connectivity index (χ0v) is 11.4. The van der Waals surface area contributed by atoms with Crippen LogP contribution in [0.25, 0.3) is 0 Å². The average Bonchev–Trinajstić information content (AvgIpc) is 2.38. The highest BCUT2D eigenvalue weighted by Gasteiger charge is 2.21. The Hall–Kier alpha value is -1.70. The van der Waals surface area contributed by atoms with Gasteiger partial charge >= 0.3 is 0 Å². The van der Waals surface area contributed by atoms with Crippen LogP contribution in [0.1, 0.15) is 29.6 Å². The number of carbonyl (C=O) groups excluding carboxylic acids is 1. The Kier molecular flexibility index (Phi) is 3.98. The Bertz CT molecular complexity index is 567. The minimum Gasteiger partial charge on any atom is -0.356 e. The first-order valence-corrected chi connectivity index (χ1v) is 7.86. The first kappa shape index (κ1) is 13.7. The molecule has 0 unspecified atom stereocenters. The van der Waals surface area contributed by atoms with Crippen molar-refractivity contribution in [1.82, 2.24) is 14.7 Å². The summed E-state index contributed by atoms with van der Waals surface area (Å²) in [6, 6.07) is 0. The van der Waals surface area contributed by atoms with Gasteiger partial charge in [0.15, 0.2) is 6.33 Å². The molecular formula is C11H15N4O3S. The second-order valence-electron chi connectivity index (χ2n) is 4.46. The molecule has 8 heteroatoms. The fourth-order valence-electron chi connectivity index (χ4n) is 2.02. The third kappa shape index (κ3) is 3.63. The maximum atomic E-state index is 11.9. The molecule has 1 aliphatic heterocycles. The molecule has 0 aliphatic carbocycles. The predicted octanol–water partition coefficient (Wildman–Crippen LogP) is -0.0435. The van der Waals surface area contributed by atoms with Crippen LogP contribution < -0.4 is 9.62 Å². The van der Waals surface area contributed by atoms with Gasteiger partial charge in [-0.25, -0.2) is 23.1 Å². The van der Waals surface area contributed by atoms with Crippen LogP contribution in [-0.2, 0) is 10.0 Å². The van der Waals surface area contributed by atoms with Crippen molar-refractivity contribution in [3.63, 3.8) is 0 Å². The van der Waals surface area contributed by atoms with E-state index in [0.29, 0.717) is 5.82 Å². The zero-order chi connectivity index (χ0) is 13.9. The van der Waals surface area contributed by atoms with Crippen molar-refractivity contribution in [3.05, 3.63) is 18.1 Å². The van der Waals surface area contributed by atoms with Crippen LogP contribution >= 0.6 is 0 Å². The molecule has 1 amide bonds. The molecule has 1 saturated heterocycles. The minimum atomic E-state index is -3.60. The molecule has 1 fully saturated rings. The first-order valence-electron chi connectivity index (χ1n) is 5.97. The van der Waals surface area contributed by atoms with Gasteiger partial charge in [0, 0.05) is 19.3 Å². The number of rotatable bonds is 3. The molecule has 0 bridgehead atoms. The number of sulfonamides is 1. The van der Waals surface area contributed by atoms with Gasteiger partial charge in [-0.2, -0.15) is 0 Å². The van der Waals surface area contributed by atoms with Gasteiger partial charge in [-0.15, -0.1) is 0 Å². The standard InChI is InChI=1S/C11H15N4O3S/c1-19(17,18)14-11(16)9-7-12-8-13-10(9)15-5-3-2-4-6-15/h7H,2-6H2,1H3,(H,14,16). The van der Waals surface area contributed by atoms with Crippen molar-refractivity contribution in [2.75, 3.05) is 24.2 Å². The van der Waals surface area contributed by atoms with Crippen LogP contribution in [0, 0.1) is 6.33 Å². The third-order valence-electron chi connectivity index (χ3n) is 2.83. The van der Waals surface area contributed by atoms with Gasteiger partial charge < -0.3 is 4.90 Å². The molecule has 0 atom stereocenters. The van der Waals surface area contributed by atoms with E-state index >= 15 is 0 Å². The second-order valence-corrected chi connectivity index (χ2v) is 6.21. The van der Waals surface area contributed by atoms with Gasteiger partial charge in [0.2, 0.25) is 10.0 Å². The van der Waals surface area contributed by atoms with Crippen LogP contribution in [0.15, 0.2) is 6.20 Å². The molecule has 2 heterocycles. The van der Waals surface area contributed by atoms with E-state index in [4.69, 9.17) is 0 Å². The maximum absolute atomic E-state index is 11.9. The van der Waals surface area contributed by atoms with Crippen molar-refractivity contribution in [1.29, 1.82) is 0 Å². The summed E-state index contributed by atoms with van der Waals surface area (Å²) in [7, 11) is -3.60. The summed E-state index contributed by atoms with van der Waals surface area (Å²) < 4.78 is 24.1. The largest absolute Gasteiger partial charge is 0.356 e. The van der Waals surface area contributed by atoms with Crippen molar-refractivity contribution in [2.24, 2.45) is 0 Å². The zero-order valence-electron chi connectivity index (χ0n) is 10.6. The van der Waals surface area contributed by atoms with Crippen molar-refractivity contribution >= 4 is 21.7 Å². The van der Waals surface area contributed by atoms with Crippen molar-refractivity contribution in [3.8, 4) is 0 Å². The molecular weight excluding hydrogens is 268 g/mol. The van der Waals surface area contributed by atoms with Crippen molar-refractivity contribution < 1.29 is 13.2 Å². The number of amides is 1. The number of hydrogen-bond acceptors (Lipinski definition) is 6. The van der Waals surface area contributed by atoms with Gasteiger partial charge in [0.05, 0.1) is 6.26 Å². The fourth-order valence-corrected chi connectivity index (χ4v) is 2.46. The van der Waals surface area contributed by atoms with Crippen LogP contribution in [0.2, 0.25) is 0 Å². The van der Waals surface area contributed by atoms with Crippen LogP contribution in [0.3, 0.4) is 0 Å². The lowest BCUT2D eigenvalue weighted by Gasteiger charge is -2.28. The molecule has 7 nitrogen and oxygen atoms in total. The summed E-state index contributed by atoms with van der Waals surface area (Å²) in [5.41, 5.74) is 0.158. The molecule has 0 saturated carbocycles. The summed E-state index contributed by atoms with van der Waals surface area (Å²) in [5, 5.41) is 0. The second kappa shape index (κ2) is 5.52. The fraction of sp³-hybridized carbons (Fsp3) is 0.545. The molecule has 2 rings (SSSR count). The van der Waals surface area contributed by atoms with E-state index < -0.39 is 15.9 Å². The molecule has 1 radical (unpaired) electrons. The molecule has 1 N–H and O–H groups in total. The maximum Gasteiger partial charge on any atom is 0.270 e. The quantitative estimate of drug-likeness (QED) is 0.836. The third-order valence-corrected chi connectivity index (χ3v) is 3.38. The number of piperidine rings is 1. The topological polar surface area (TPSA) is 92.3 Å². The monoisotopic (exact) mass is 283 g/mol. The number of anilines is 1. The van der Waals surface area contributed by atoms with Gasteiger partial charge in [-0.05, 0) is 19.3 Å². The Morgan fingerprint density at radius 1 is 1.37 bits per heavy atom. The van der Waals surface area contributed by atoms with Gasteiger partial charge in [0.1, 0.15) is 11.4 Å². The van der Waals surface area contributed by atoms with E-state index in [0.717, 1.165) is 38.6 Å². The van der Waals surface area contributed by atoms with Crippen molar-refractivity contribution in [2.45, 2.75) is 19.3 Å². The molecule has 1 aromatic heterocycles.